The van der Waals surface area contributed by atoms with Gasteiger partial charge in [0.05, 0.1) is 17.9 Å². The van der Waals surface area contributed by atoms with Crippen LogP contribution in [0.1, 0.15) is 48.5 Å². The maximum Gasteiger partial charge on any atom is 0.310 e. The topological polar surface area (TPSA) is 58.6 Å². The number of aryl methyl sites for hydroxylation is 2. The number of thiophene rings is 1. The molecule has 2 aliphatic heterocycles. The molecule has 1 saturated heterocycles. The summed E-state index contributed by atoms with van der Waals surface area (Å²) < 4.78 is 5.36. The molecule has 4 heterocycles. The number of carbonyl (C=O) groups is 1. The zero-order chi connectivity index (χ0) is 23.5. The number of ether oxygens (including phenoxy) is 1. The second-order valence-electron chi connectivity index (χ2n) is 9.29. The van der Waals surface area contributed by atoms with Gasteiger partial charge in [-0.2, -0.15) is 0 Å². The summed E-state index contributed by atoms with van der Waals surface area (Å²) in [6, 6.07) is 10.5. The third-order valence-corrected chi connectivity index (χ3v) is 8.19. The van der Waals surface area contributed by atoms with Gasteiger partial charge in [-0.3, -0.25) is 9.69 Å². The molecule has 0 bridgehead atoms. The summed E-state index contributed by atoms with van der Waals surface area (Å²) in [5, 5.41) is 1.23. The Morgan fingerprint density at radius 1 is 1.15 bits per heavy atom. The van der Waals surface area contributed by atoms with Crippen LogP contribution in [-0.2, 0) is 35.3 Å². The Hall–Kier alpha value is -2.51. The van der Waals surface area contributed by atoms with E-state index in [9.17, 15) is 4.79 Å². The number of piperidine rings is 1. The van der Waals surface area contributed by atoms with E-state index in [0.717, 1.165) is 74.8 Å². The van der Waals surface area contributed by atoms with Crippen LogP contribution in [0.25, 0.3) is 10.2 Å². The van der Waals surface area contributed by atoms with Crippen molar-refractivity contribution in [3.05, 3.63) is 52.2 Å². The van der Waals surface area contributed by atoms with Gasteiger partial charge >= 0.3 is 5.97 Å². The lowest BCUT2D eigenvalue weighted by molar-refractivity contribution is -0.148. The predicted octanol–water partition coefficient (Wildman–Crippen LogP) is 4.63. The number of nitrogens with zero attached hydrogens (tertiary/aromatic N) is 4. The summed E-state index contributed by atoms with van der Waals surface area (Å²) in [7, 11) is 0. The van der Waals surface area contributed by atoms with E-state index >= 15 is 0 Å². The maximum absolute atomic E-state index is 12.5. The molecule has 0 N–H and O–H groups in total. The number of likely N-dealkylation sites (N-methyl/N-ethyl adjacent to an activating group) is 1. The highest BCUT2D eigenvalue weighted by molar-refractivity contribution is 7.19. The van der Waals surface area contributed by atoms with Gasteiger partial charge in [0.15, 0.2) is 0 Å². The van der Waals surface area contributed by atoms with Crippen molar-refractivity contribution in [3.63, 3.8) is 0 Å². The van der Waals surface area contributed by atoms with Crippen molar-refractivity contribution in [2.24, 2.45) is 5.92 Å². The van der Waals surface area contributed by atoms with Gasteiger partial charge in [0.2, 0.25) is 0 Å². The van der Waals surface area contributed by atoms with Crippen molar-refractivity contribution in [1.82, 2.24) is 14.9 Å². The number of hydrogen-bond acceptors (Lipinski definition) is 7. The smallest absolute Gasteiger partial charge is 0.310 e. The highest BCUT2D eigenvalue weighted by Crippen LogP contribution is 2.40. The van der Waals surface area contributed by atoms with Crippen LogP contribution in [0, 0.1) is 5.92 Å². The van der Waals surface area contributed by atoms with E-state index in [1.165, 1.54) is 21.4 Å². The highest BCUT2D eigenvalue weighted by atomic mass is 32.1. The summed E-state index contributed by atoms with van der Waals surface area (Å²) in [5.41, 5.74) is 2.73. The van der Waals surface area contributed by atoms with Crippen molar-refractivity contribution in [2.45, 2.75) is 52.5 Å². The van der Waals surface area contributed by atoms with Crippen LogP contribution in [0.2, 0.25) is 0 Å². The van der Waals surface area contributed by atoms with Crippen LogP contribution in [0.15, 0.2) is 30.3 Å². The van der Waals surface area contributed by atoms with Crippen LogP contribution in [-0.4, -0.2) is 53.6 Å². The Morgan fingerprint density at radius 3 is 2.79 bits per heavy atom. The molecular formula is C27H34N4O2S. The fourth-order valence-corrected chi connectivity index (χ4v) is 6.48. The van der Waals surface area contributed by atoms with Crippen molar-refractivity contribution in [1.29, 1.82) is 0 Å². The van der Waals surface area contributed by atoms with Gasteiger partial charge in [-0.15, -0.1) is 11.3 Å². The third-order valence-electron chi connectivity index (χ3n) is 7.07. The first-order valence-electron chi connectivity index (χ1n) is 12.6. The molecule has 180 valence electrons. The lowest BCUT2D eigenvalue weighted by Gasteiger charge is -2.33. The minimum absolute atomic E-state index is 0.0762. The lowest BCUT2D eigenvalue weighted by Crippen LogP contribution is -2.40. The molecule has 1 aromatic carbocycles. The molecule has 0 amide bonds. The van der Waals surface area contributed by atoms with Crippen molar-refractivity contribution in [2.75, 3.05) is 37.7 Å². The standard InChI is InChI=1S/C27H34N4O2S/c1-3-30-16-14-21-22(18-30)34-26-24(21)25(31-15-8-11-20(17-31)27(32)33-4-2)28-23(29-26)13-12-19-9-6-5-7-10-19/h5-7,9-10,20H,3-4,8,11-18H2,1-2H3. The van der Waals surface area contributed by atoms with Gasteiger partial charge in [-0.05, 0) is 50.3 Å². The summed E-state index contributed by atoms with van der Waals surface area (Å²) >= 11 is 1.84. The first-order chi connectivity index (χ1) is 16.7. The van der Waals surface area contributed by atoms with Crippen LogP contribution in [0.5, 0.6) is 0 Å². The minimum atomic E-state index is -0.0865. The van der Waals surface area contributed by atoms with Gasteiger partial charge in [0.25, 0.3) is 0 Å². The Morgan fingerprint density at radius 2 is 2.00 bits per heavy atom. The number of fused-ring (bicyclic) bond motifs is 3. The second-order valence-corrected chi connectivity index (χ2v) is 10.4. The number of benzene rings is 1. The molecule has 1 unspecified atom stereocenters. The monoisotopic (exact) mass is 478 g/mol. The number of esters is 1. The van der Waals surface area contributed by atoms with Gasteiger partial charge < -0.3 is 9.64 Å². The molecule has 1 fully saturated rings. The van der Waals surface area contributed by atoms with Crippen LogP contribution in [0.4, 0.5) is 5.82 Å². The zero-order valence-electron chi connectivity index (χ0n) is 20.3. The minimum Gasteiger partial charge on any atom is -0.466 e. The van der Waals surface area contributed by atoms with Crippen molar-refractivity contribution < 1.29 is 9.53 Å². The fourth-order valence-electron chi connectivity index (χ4n) is 5.21. The second kappa shape index (κ2) is 10.4. The molecule has 2 aliphatic rings. The average Bonchev–Trinajstić information content (AvgIpc) is 3.25. The molecule has 0 saturated carbocycles. The Balaban J connectivity index is 1.51. The molecule has 1 atom stereocenters. The number of anilines is 1. The quantitative estimate of drug-likeness (QED) is 0.462. The van der Waals surface area contributed by atoms with E-state index < -0.39 is 0 Å². The summed E-state index contributed by atoms with van der Waals surface area (Å²) in [6.45, 7) is 9.29. The Bertz CT molecular complexity index is 1150. The van der Waals surface area contributed by atoms with Crippen LogP contribution < -0.4 is 4.90 Å². The largest absolute Gasteiger partial charge is 0.466 e. The van der Waals surface area contributed by atoms with Crippen molar-refractivity contribution in [3.8, 4) is 0 Å². The van der Waals surface area contributed by atoms with E-state index in [-0.39, 0.29) is 11.9 Å². The third kappa shape index (κ3) is 4.82. The SMILES string of the molecule is CCOC(=O)C1CCCN(c2nc(CCc3ccccc3)nc3sc4c(c23)CCN(CC)C4)C1. The Kier molecular flexibility index (Phi) is 7.11. The number of aromatic nitrogens is 2. The van der Waals surface area contributed by atoms with Crippen LogP contribution >= 0.6 is 11.3 Å². The van der Waals surface area contributed by atoms with Gasteiger partial charge in [-0.1, -0.05) is 37.3 Å². The normalized spacial score (nSPS) is 18.8. The van der Waals surface area contributed by atoms with Crippen molar-refractivity contribution >= 4 is 33.3 Å². The fraction of sp³-hybridized carbons (Fsp3) is 0.519. The van der Waals surface area contributed by atoms with E-state index in [1.54, 1.807) is 0 Å². The van der Waals surface area contributed by atoms with Crippen LogP contribution in [0.3, 0.4) is 0 Å². The van der Waals surface area contributed by atoms with Gasteiger partial charge in [-0.25, -0.2) is 9.97 Å². The molecule has 2 aromatic heterocycles. The number of carbonyl (C=O) groups excluding carboxylic acids is 1. The first-order valence-corrected chi connectivity index (χ1v) is 13.5. The van der Waals surface area contributed by atoms with E-state index in [0.29, 0.717) is 13.2 Å². The maximum atomic E-state index is 12.5. The highest BCUT2D eigenvalue weighted by Gasteiger charge is 2.31. The molecule has 0 radical (unpaired) electrons. The molecule has 7 heteroatoms. The molecular weight excluding hydrogens is 444 g/mol. The first kappa shape index (κ1) is 23.2. The molecule has 5 rings (SSSR count). The number of rotatable bonds is 7. The summed E-state index contributed by atoms with van der Waals surface area (Å²) in [6.07, 6.45) is 4.64. The molecule has 0 aliphatic carbocycles. The molecule has 3 aromatic rings. The zero-order valence-corrected chi connectivity index (χ0v) is 21.1. The summed E-state index contributed by atoms with van der Waals surface area (Å²) in [4.78, 5) is 30.1. The predicted molar refractivity (Wildman–Crippen MR) is 137 cm³/mol. The number of hydrogen-bond donors (Lipinski definition) is 0. The van der Waals surface area contributed by atoms with Gasteiger partial charge in [0, 0.05) is 37.5 Å². The summed E-state index contributed by atoms with van der Waals surface area (Å²) in [5.74, 6) is 1.77. The average molecular weight is 479 g/mol. The van der Waals surface area contributed by atoms with E-state index in [4.69, 9.17) is 14.7 Å². The lowest BCUT2D eigenvalue weighted by atomic mass is 9.97. The van der Waals surface area contributed by atoms with E-state index in [2.05, 4.69) is 47.1 Å². The Labute approximate surface area is 206 Å². The molecule has 0 spiro atoms. The molecule has 34 heavy (non-hydrogen) atoms. The van der Waals surface area contributed by atoms with Gasteiger partial charge in [0.1, 0.15) is 16.5 Å². The van der Waals surface area contributed by atoms with E-state index in [1.807, 2.05) is 18.3 Å². The molecule has 6 nitrogen and oxygen atoms in total.